The summed E-state index contributed by atoms with van der Waals surface area (Å²) in [6, 6.07) is 4.36. The van der Waals surface area contributed by atoms with Gasteiger partial charge in [0.05, 0.1) is 6.61 Å². The average Bonchev–Trinajstić information content (AvgIpc) is 2.19. The van der Waals surface area contributed by atoms with Gasteiger partial charge in [0, 0.05) is 12.1 Å². The van der Waals surface area contributed by atoms with Crippen LogP contribution in [-0.4, -0.2) is 11.8 Å². The van der Waals surface area contributed by atoms with Gasteiger partial charge in [0.2, 0.25) is 0 Å². The van der Waals surface area contributed by atoms with Crippen molar-refractivity contribution >= 4 is 0 Å². The molecule has 1 saturated carbocycles. The molecule has 0 amide bonds. The van der Waals surface area contributed by atoms with Crippen LogP contribution in [0.25, 0.3) is 0 Å². The molecule has 88 valence electrons. The molecule has 1 aliphatic carbocycles. The minimum Gasteiger partial charge on any atom is -0.493 e. The minimum absolute atomic E-state index is 0.192. The molecule has 2 N–H and O–H groups in total. The Hall–Kier alpha value is -1.13. The summed E-state index contributed by atoms with van der Waals surface area (Å²) in [6.45, 7) is 0.877. The topological polar surface area (TPSA) is 41.5 Å². The van der Waals surface area contributed by atoms with Gasteiger partial charge in [0.15, 0.2) is 0 Å². The third-order valence-electron chi connectivity index (χ3n) is 2.99. The van der Waals surface area contributed by atoms with Crippen molar-refractivity contribution in [2.45, 2.75) is 25.8 Å². The van der Waals surface area contributed by atoms with E-state index in [4.69, 9.17) is 9.94 Å². The van der Waals surface area contributed by atoms with E-state index in [2.05, 4.69) is 0 Å². The Morgan fingerprint density at radius 2 is 2.25 bits per heavy atom. The van der Waals surface area contributed by atoms with Gasteiger partial charge in [0.25, 0.3) is 0 Å². The molecule has 0 unspecified atom stereocenters. The van der Waals surface area contributed by atoms with Crippen LogP contribution in [0.4, 0.5) is 4.39 Å². The van der Waals surface area contributed by atoms with Gasteiger partial charge in [-0.1, -0.05) is 6.42 Å². The number of hydrogen-bond donors (Lipinski definition) is 2. The summed E-state index contributed by atoms with van der Waals surface area (Å²) in [5, 5.41) is 8.64. The number of hydrogen-bond acceptors (Lipinski definition) is 3. The average molecular weight is 225 g/mol. The predicted molar refractivity (Wildman–Crippen MR) is 57.9 cm³/mol. The SMILES string of the molecule is ONCc1cc(F)ccc1OCC1CCC1. The van der Waals surface area contributed by atoms with E-state index in [9.17, 15) is 4.39 Å². The summed E-state index contributed by atoms with van der Waals surface area (Å²) >= 11 is 0. The summed E-state index contributed by atoms with van der Waals surface area (Å²) in [6.07, 6.45) is 3.71. The Balaban J connectivity index is 1.99. The molecule has 0 aromatic heterocycles. The number of halogens is 1. The maximum Gasteiger partial charge on any atom is 0.124 e. The lowest BCUT2D eigenvalue weighted by molar-refractivity contribution is 0.154. The van der Waals surface area contributed by atoms with Crippen molar-refractivity contribution in [2.75, 3.05) is 6.61 Å². The van der Waals surface area contributed by atoms with Gasteiger partial charge in [-0.15, -0.1) is 0 Å². The van der Waals surface area contributed by atoms with Crippen LogP contribution < -0.4 is 10.2 Å². The van der Waals surface area contributed by atoms with Gasteiger partial charge in [-0.25, -0.2) is 9.87 Å². The fourth-order valence-electron chi connectivity index (χ4n) is 1.78. The largest absolute Gasteiger partial charge is 0.493 e. The van der Waals surface area contributed by atoms with Crippen LogP contribution in [-0.2, 0) is 6.54 Å². The molecule has 0 saturated heterocycles. The molecule has 1 aromatic rings. The summed E-state index contributed by atoms with van der Waals surface area (Å²) in [5.41, 5.74) is 2.66. The van der Waals surface area contributed by atoms with Crippen LogP contribution in [0.5, 0.6) is 5.75 Å². The molecule has 2 rings (SSSR count). The second-order valence-electron chi connectivity index (χ2n) is 4.19. The van der Waals surface area contributed by atoms with Gasteiger partial charge in [-0.2, -0.15) is 0 Å². The maximum atomic E-state index is 13.0. The zero-order valence-electron chi connectivity index (χ0n) is 9.08. The number of hydroxylamine groups is 1. The van der Waals surface area contributed by atoms with Gasteiger partial charge in [0.1, 0.15) is 11.6 Å². The highest BCUT2D eigenvalue weighted by Crippen LogP contribution is 2.28. The third-order valence-corrected chi connectivity index (χ3v) is 2.99. The normalized spacial score (nSPS) is 15.9. The summed E-state index contributed by atoms with van der Waals surface area (Å²) in [5.74, 6) is 0.969. The molecule has 1 fully saturated rings. The van der Waals surface area contributed by atoms with E-state index in [1.807, 2.05) is 5.48 Å². The molecule has 0 radical (unpaired) electrons. The summed E-state index contributed by atoms with van der Waals surface area (Å²) in [4.78, 5) is 0. The van der Waals surface area contributed by atoms with Crippen LogP contribution in [0.2, 0.25) is 0 Å². The molecule has 3 nitrogen and oxygen atoms in total. The fraction of sp³-hybridized carbons (Fsp3) is 0.500. The van der Waals surface area contributed by atoms with Crippen molar-refractivity contribution in [2.24, 2.45) is 5.92 Å². The first-order valence-electron chi connectivity index (χ1n) is 5.58. The van der Waals surface area contributed by atoms with E-state index in [0.29, 0.717) is 23.8 Å². The van der Waals surface area contributed by atoms with Crippen LogP contribution in [0, 0.1) is 11.7 Å². The molecule has 0 spiro atoms. The van der Waals surface area contributed by atoms with Crippen molar-refractivity contribution < 1.29 is 14.3 Å². The first-order chi connectivity index (χ1) is 7.79. The molecule has 4 heteroatoms. The van der Waals surface area contributed by atoms with Gasteiger partial charge < -0.3 is 9.94 Å². The van der Waals surface area contributed by atoms with Crippen LogP contribution in [0.15, 0.2) is 18.2 Å². The Labute approximate surface area is 94.2 Å². The van der Waals surface area contributed by atoms with E-state index in [1.54, 1.807) is 6.07 Å². The maximum absolute atomic E-state index is 13.0. The molecule has 1 aliphatic rings. The number of rotatable bonds is 5. The van der Waals surface area contributed by atoms with Crippen molar-refractivity contribution in [3.63, 3.8) is 0 Å². The summed E-state index contributed by atoms with van der Waals surface area (Å²) in [7, 11) is 0. The van der Waals surface area contributed by atoms with Crippen LogP contribution >= 0.6 is 0 Å². The quantitative estimate of drug-likeness (QED) is 0.756. The lowest BCUT2D eigenvalue weighted by Crippen LogP contribution is -2.20. The van der Waals surface area contributed by atoms with Gasteiger partial charge in [-0.3, -0.25) is 0 Å². The predicted octanol–water partition coefficient (Wildman–Crippen LogP) is 2.48. The molecule has 1 aromatic carbocycles. The second kappa shape index (κ2) is 5.27. The van der Waals surface area contributed by atoms with E-state index in [-0.39, 0.29) is 12.4 Å². The zero-order chi connectivity index (χ0) is 11.4. The van der Waals surface area contributed by atoms with Gasteiger partial charge >= 0.3 is 0 Å². The molecule has 16 heavy (non-hydrogen) atoms. The molecule has 0 atom stereocenters. The Kier molecular flexibility index (Phi) is 3.74. The highest BCUT2D eigenvalue weighted by Gasteiger charge is 2.18. The molecular weight excluding hydrogens is 209 g/mol. The molecule has 0 aliphatic heterocycles. The van der Waals surface area contributed by atoms with Crippen molar-refractivity contribution in [3.05, 3.63) is 29.6 Å². The Morgan fingerprint density at radius 1 is 1.44 bits per heavy atom. The van der Waals surface area contributed by atoms with Crippen molar-refractivity contribution in [1.29, 1.82) is 0 Å². The lowest BCUT2D eigenvalue weighted by atomic mass is 9.86. The molecular formula is C12H16FNO2. The fourth-order valence-corrected chi connectivity index (χ4v) is 1.78. The standard InChI is InChI=1S/C12H16FNO2/c13-11-4-5-12(10(6-11)7-14-15)16-8-9-2-1-3-9/h4-6,9,14-15H,1-3,7-8H2. The number of ether oxygens (including phenoxy) is 1. The highest BCUT2D eigenvalue weighted by molar-refractivity contribution is 5.33. The Bertz CT molecular complexity index is 353. The minimum atomic E-state index is -0.318. The highest BCUT2D eigenvalue weighted by atomic mass is 19.1. The van der Waals surface area contributed by atoms with Crippen LogP contribution in [0.1, 0.15) is 24.8 Å². The van der Waals surface area contributed by atoms with E-state index in [1.165, 1.54) is 31.4 Å². The smallest absolute Gasteiger partial charge is 0.124 e. The summed E-state index contributed by atoms with van der Waals surface area (Å²) < 4.78 is 18.6. The van der Waals surface area contributed by atoms with E-state index >= 15 is 0 Å². The van der Waals surface area contributed by atoms with Crippen molar-refractivity contribution in [1.82, 2.24) is 5.48 Å². The number of benzene rings is 1. The van der Waals surface area contributed by atoms with E-state index < -0.39 is 0 Å². The zero-order valence-corrected chi connectivity index (χ0v) is 9.08. The second-order valence-corrected chi connectivity index (χ2v) is 4.19. The van der Waals surface area contributed by atoms with Crippen molar-refractivity contribution in [3.8, 4) is 5.75 Å². The lowest BCUT2D eigenvalue weighted by Gasteiger charge is -2.25. The van der Waals surface area contributed by atoms with Crippen LogP contribution in [0.3, 0.4) is 0 Å². The molecule has 0 bridgehead atoms. The van der Waals surface area contributed by atoms with Gasteiger partial charge in [-0.05, 0) is 37.0 Å². The first kappa shape index (κ1) is 11.4. The number of nitrogens with one attached hydrogen (secondary N) is 1. The van der Waals surface area contributed by atoms with E-state index in [0.717, 1.165) is 0 Å². The third kappa shape index (κ3) is 2.71. The monoisotopic (exact) mass is 225 g/mol. The Morgan fingerprint density at radius 3 is 2.88 bits per heavy atom. The first-order valence-corrected chi connectivity index (χ1v) is 5.58. The molecule has 0 heterocycles.